The predicted molar refractivity (Wildman–Crippen MR) is 58.0 cm³/mol. The highest BCUT2D eigenvalue weighted by atomic mass is 16.5. The summed E-state index contributed by atoms with van der Waals surface area (Å²) in [5.41, 5.74) is 2.17. The zero-order valence-corrected chi connectivity index (χ0v) is 8.59. The Morgan fingerprint density at radius 1 is 1.36 bits per heavy atom. The number of fused-ring (bicyclic) bond motifs is 1. The molecule has 0 fully saturated rings. The smallest absolute Gasteiger partial charge is 0.130 e. The van der Waals surface area contributed by atoms with E-state index in [-0.39, 0.29) is 0 Å². The fraction of sp³-hybridized carbons (Fsp3) is 0.273. The van der Waals surface area contributed by atoms with Gasteiger partial charge in [-0.2, -0.15) is 0 Å². The highest BCUT2D eigenvalue weighted by molar-refractivity contribution is 5.88. The Kier molecular flexibility index (Phi) is 2.08. The van der Waals surface area contributed by atoms with E-state index in [9.17, 15) is 0 Å². The number of aromatic nitrogens is 1. The summed E-state index contributed by atoms with van der Waals surface area (Å²) >= 11 is 0. The van der Waals surface area contributed by atoms with Crippen molar-refractivity contribution in [3.05, 3.63) is 24.4 Å². The van der Waals surface area contributed by atoms with Gasteiger partial charge >= 0.3 is 0 Å². The van der Waals surface area contributed by atoms with E-state index in [2.05, 4.69) is 17.1 Å². The van der Waals surface area contributed by atoms with Crippen LogP contribution in [-0.2, 0) is 0 Å². The molecule has 14 heavy (non-hydrogen) atoms. The molecular weight excluding hydrogens is 176 g/mol. The Balaban J connectivity index is 2.67. The number of rotatable bonds is 2. The van der Waals surface area contributed by atoms with Gasteiger partial charge in [-0.1, -0.05) is 0 Å². The molecule has 2 aromatic rings. The molecule has 73 valence electrons. The second-order valence-corrected chi connectivity index (χ2v) is 3.40. The summed E-state index contributed by atoms with van der Waals surface area (Å²) in [5, 5.41) is 0.998. The molecule has 1 radical (unpaired) electrons. The SMILES string of the molecule is COc1cc(N(C)C)cc2[nH]c[c]c12. The molecule has 0 unspecified atom stereocenters. The molecule has 0 saturated heterocycles. The Labute approximate surface area is 83.3 Å². The number of aromatic amines is 1. The fourth-order valence-electron chi connectivity index (χ4n) is 1.47. The van der Waals surface area contributed by atoms with Crippen LogP contribution in [0.5, 0.6) is 5.75 Å². The van der Waals surface area contributed by atoms with Gasteiger partial charge in [0, 0.05) is 43.5 Å². The normalized spacial score (nSPS) is 10.5. The number of ether oxygens (including phenoxy) is 1. The van der Waals surface area contributed by atoms with E-state index in [0.29, 0.717) is 0 Å². The molecular formula is C11H13N2O. The van der Waals surface area contributed by atoms with Crippen molar-refractivity contribution in [2.75, 3.05) is 26.1 Å². The summed E-state index contributed by atoms with van der Waals surface area (Å²) in [4.78, 5) is 5.17. The van der Waals surface area contributed by atoms with Crippen LogP contribution >= 0.6 is 0 Å². The van der Waals surface area contributed by atoms with E-state index < -0.39 is 0 Å². The van der Waals surface area contributed by atoms with Gasteiger partial charge in [-0.15, -0.1) is 0 Å². The number of methoxy groups -OCH3 is 1. The summed E-state index contributed by atoms with van der Waals surface area (Å²) in [7, 11) is 5.69. The molecule has 3 nitrogen and oxygen atoms in total. The van der Waals surface area contributed by atoms with Crippen molar-refractivity contribution in [2.24, 2.45) is 0 Å². The van der Waals surface area contributed by atoms with Crippen molar-refractivity contribution in [3.63, 3.8) is 0 Å². The molecule has 2 rings (SSSR count). The van der Waals surface area contributed by atoms with Crippen molar-refractivity contribution >= 4 is 16.6 Å². The van der Waals surface area contributed by atoms with E-state index in [1.165, 1.54) is 0 Å². The van der Waals surface area contributed by atoms with Crippen LogP contribution in [0.1, 0.15) is 0 Å². The molecule has 1 aromatic carbocycles. The zero-order chi connectivity index (χ0) is 10.1. The second kappa shape index (κ2) is 3.25. The third-order valence-electron chi connectivity index (χ3n) is 2.27. The summed E-state index contributed by atoms with van der Waals surface area (Å²) in [5.74, 6) is 0.854. The van der Waals surface area contributed by atoms with Gasteiger partial charge in [-0.05, 0) is 6.07 Å². The van der Waals surface area contributed by atoms with E-state index >= 15 is 0 Å². The molecule has 1 aromatic heterocycles. The Hall–Kier alpha value is -1.64. The van der Waals surface area contributed by atoms with Crippen LogP contribution in [-0.4, -0.2) is 26.2 Å². The lowest BCUT2D eigenvalue weighted by Gasteiger charge is -2.14. The van der Waals surface area contributed by atoms with Gasteiger partial charge in [0.05, 0.1) is 12.6 Å². The molecule has 0 aliphatic carbocycles. The lowest BCUT2D eigenvalue weighted by molar-refractivity contribution is 0.420. The molecule has 0 aliphatic rings. The quantitative estimate of drug-likeness (QED) is 0.783. The maximum absolute atomic E-state index is 5.30. The molecule has 0 aliphatic heterocycles. The van der Waals surface area contributed by atoms with Gasteiger partial charge in [-0.25, -0.2) is 0 Å². The minimum absolute atomic E-state index is 0.854. The summed E-state index contributed by atoms with van der Waals surface area (Å²) in [6.45, 7) is 0. The summed E-state index contributed by atoms with van der Waals surface area (Å²) < 4.78 is 5.30. The molecule has 1 heterocycles. The minimum atomic E-state index is 0.854. The Bertz CT molecular complexity index is 445. The third-order valence-corrected chi connectivity index (χ3v) is 2.27. The number of H-pyrrole nitrogens is 1. The minimum Gasteiger partial charge on any atom is -0.496 e. The van der Waals surface area contributed by atoms with Crippen molar-refractivity contribution in [1.29, 1.82) is 0 Å². The zero-order valence-electron chi connectivity index (χ0n) is 8.59. The predicted octanol–water partition coefficient (Wildman–Crippen LogP) is 2.04. The number of nitrogens with one attached hydrogen (secondary N) is 1. The monoisotopic (exact) mass is 189 g/mol. The van der Waals surface area contributed by atoms with E-state index in [1.54, 1.807) is 13.3 Å². The first-order valence-corrected chi connectivity index (χ1v) is 4.46. The van der Waals surface area contributed by atoms with Gasteiger partial charge in [0.25, 0.3) is 0 Å². The molecule has 0 bridgehead atoms. The van der Waals surface area contributed by atoms with Crippen LogP contribution in [0.15, 0.2) is 18.3 Å². The molecule has 0 spiro atoms. The standard InChI is InChI=1S/C11H13N2O/c1-13(2)8-6-10-9(4-5-12-10)11(7-8)14-3/h5-7,12H,1-3H3. The van der Waals surface area contributed by atoms with Crippen LogP contribution in [0.3, 0.4) is 0 Å². The van der Waals surface area contributed by atoms with Crippen molar-refractivity contribution in [3.8, 4) is 5.75 Å². The first kappa shape index (κ1) is 8.94. The largest absolute Gasteiger partial charge is 0.496 e. The average Bonchev–Trinajstić information content (AvgIpc) is 2.63. The summed E-state index contributed by atoms with van der Waals surface area (Å²) in [6, 6.07) is 7.19. The van der Waals surface area contributed by atoms with Crippen LogP contribution in [0.25, 0.3) is 10.9 Å². The number of nitrogens with zero attached hydrogens (tertiary/aromatic N) is 1. The van der Waals surface area contributed by atoms with E-state index in [1.807, 2.05) is 25.1 Å². The maximum Gasteiger partial charge on any atom is 0.130 e. The molecule has 1 N–H and O–H groups in total. The van der Waals surface area contributed by atoms with Gasteiger partial charge in [0.1, 0.15) is 5.75 Å². The summed E-state index contributed by atoms with van der Waals surface area (Å²) in [6.07, 6.45) is 1.80. The maximum atomic E-state index is 5.30. The Morgan fingerprint density at radius 3 is 2.79 bits per heavy atom. The van der Waals surface area contributed by atoms with Gasteiger partial charge < -0.3 is 14.6 Å². The van der Waals surface area contributed by atoms with Gasteiger partial charge in [0.15, 0.2) is 0 Å². The molecule has 0 saturated carbocycles. The first-order chi connectivity index (χ1) is 6.72. The van der Waals surface area contributed by atoms with Crippen molar-refractivity contribution < 1.29 is 4.74 Å². The van der Waals surface area contributed by atoms with Gasteiger partial charge in [-0.3, -0.25) is 0 Å². The van der Waals surface area contributed by atoms with E-state index in [4.69, 9.17) is 4.74 Å². The number of hydrogen-bond donors (Lipinski definition) is 1. The lowest BCUT2D eigenvalue weighted by Crippen LogP contribution is -2.08. The van der Waals surface area contributed by atoms with Crippen molar-refractivity contribution in [1.82, 2.24) is 4.98 Å². The highest BCUT2D eigenvalue weighted by Gasteiger charge is 2.06. The number of benzene rings is 1. The molecule has 3 heteroatoms. The fourth-order valence-corrected chi connectivity index (χ4v) is 1.47. The van der Waals surface area contributed by atoms with Crippen LogP contribution < -0.4 is 9.64 Å². The highest BCUT2D eigenvalue weighted by Crippen LogP contribution is 2.29. The van der Waals surface area contributed by atoms with Crippen molar-refractivity contribution in [2.45, 2.75) is 0 Å². The average molecular weight is 189 g/mol. The third kappa shape index (κ3) is 1.31. The van der Waals surface area contributed by atoms with Gasteiger partial charge in [0.2, 0.25) is 0 Å². The first-order valence-electron chi connectivity index (χ1n) is 4.46. The Morgan fingerprint density at radius 2 is 2.14 bits per heavy atom. The molecule has 0 amide bonds. The van der Waals surface area contributed by atoms with E-state index in [0.717, 1.165) is 22.3 Å². The molecule has 0 atom stereocenters. The number of hydrogen-bond acceptors (Lipinski definition) is 2. The van der Waals surface area contributed by atoms with Crippen LogP contribution in [0.2, 0.25) is 0 Å². The topological polar surface area (TPSA) is 28.3 Å². The second-order valence-electron chi connectivity index (χ2n) is 3.40. The number of anilines is 1. The van der Waals surface area contributed by atoms with Crippen LogP contribution in [0.4, 0.5) is 5.69 Å². The van der Waals surface area contributed by atoms with Crippen LogP contribution in [0, 0.1) is 6.07 Å². The lowest BCUT2D eigenvalue weighted by atomic mass is 10.2.